The number of aromatic carboxylic acids is 1. The van der Waals surface area contributed by atoms with Gasteiger partial charge in [0.05, 0.1) is 16.9 Å². The standard InChI is InChI=1S/C14H15N3O4/c1-3-8-6-12(17(2)16-8)13(19)15-11-5-4-9(18)7-10(11)14(20)21/h4-7,18H,3H2,1-2H3,(H,15,19)(H,20,21). The molecule has 0 unspecified atom stereocenters. The topological polar surface area (TPSA) is 104 Å². The van der Waals surface area contributed by atoms with Gasteiger partial charge in [0.2, 0.25) is 0 Å². The molecule has 110 valence electrons. The highest BCUT2D eigenvalue weighted by atomic mass is 16.4. The highest BCUT2D eigenvalue weighted by molar-refractivity contribution is 6.07. The van der Waals surface area contributed by atoms with Crippen molar-refractivity contribution in [3.63, 3.8) is 0 Å². The number of carbonyl (C=O) groups is 2. The lowest BCUT2D eigenvalue weighted by Gasteiger charge is -2.08. The summed E-state index contributed by atoms with van der Waals surface area (Å²) in [6, 6.07) is 5.38. The fraction of sp³-hybridized carbons (Fsp3) is 0.214. The largest absolute Gasteiger partial charge is 0.508 e. The fourth-order valence-electron chi connectivity index (χ4n) is 1.92. The first-order valence-corrected chi connectivity index (χ1v) is 6.33. The zero-order chi connectivity index (χ0) is 15.6. The number of anilines is 1. The van der Waals surface area contributed by atoms with Crippen LogP contribution in [0.25, 0.3) is 0 Å². The first kappa shape index (κ1) is 14.6. The van der Waals surface area contributed by atoms with Crippen LogP contribution in [0, 0.1) is 0 Å². The molecule has 1 aromatic heterocycles. The summed E-state index contributed by atoms with van der Waals surface area (Å²) >= 11 is 0. The highest BCUT2D eigenvalue weighted by Gasteiger charge is 2.17. The predicted molar refractivity (Wildman–Crippen MR) is 75.6 cm³/mol. The number of aromatic hydroxyl groups is 1. The zero-order valence-corrected chi connectivity index (χ0v) is 11.6. The van der Waals surface area contributed by atoms with E-state index in [2.05, 4.69) is 10.4 Å². The summed E-state index contributed by atoms with van der Waals surface area (Å²) in [5.74, 6) is -1.88. The molecule has 0 aliphatic heterocycles. The van der Waals surface area contributed by atoms with Gasteiger partial charge in [0.15, 0.2) is 0 Å². The number of benzene rings is 1. The molecule has 0 aliphatic carbocycles. The van der Waals surface area contributed by atoms with Gasteiger partial charge in [0, 0.05) is 7.05 Å². The molecule has 0 spiro atoms. The zero-order valence-electron chi connectivity index (χ0n) is 11.6. The van der Waals surface area contributed by atoms with Crippen molar-refractivity contribution in [2.75, 3.05) is 5.32 Å². The molecule has 0 radical (unpaired) electrons. The normalized spacial score (nSPS) is 10.4. The van der Waals surface area contributed by atoms with Crippen LogP contribution in [-0.4, -0.2) is 31.9 Å². The maximum atomic E-state index is 12.2. The minimum Gasteiger partial charge on any atom is -0.508 e. The number of phenols is 1. The predicted octanol–water partition coefficient (Wildman–Crippen LogP) is 1.64. The van der Waals surface area contributed by atoms with Crippen LogP contribution in [0.5, 0.6) is 5.75 Å². The molecule has 21 heavy (non-hydrogen) atoms. The number of carbonyl (C=O) groups excluding carboxylic acids is 1. The maximum absolute atomic E-state index is 12.2. The Morgan fingerprint density at radius 2 is 2.05 bits per heavy atom. The number of aromatic nitrogens is 2. The molecule has 0 bridgehead atoms. The van der Waals surface area contributed by atoms with Gasteiger partial charge in [0.25, 0.3) is 5.91 Å². The number of hydrogen-bond acceptors (Lipinski definition) is 4. The number of rotatable bonds is 4. The van der Waals surface area contributed by atoms with E-state index >= 15 is 0 Å². The maximum Gasteiger partial charge on any atom is 0.337 e. The van der Waals surface area contributed by atoms with Gasteiger partial charge in [-0.2, -0.15) is 5.10 Å². The Balaban J connectivity index is 2.31. The summed E-state index contributed by atoms with van der Waals surface area (Å²) in [7, 11) is 1.64. The SMILES string of the molecule is CCc1cc(C(=O)Nc2ccc(O)cc2C(=O)O)n(C)n1. The Hall–Kier alpha value is -2.83. The van der Waals surface area contributed by atoms with Crippen LogP contribution in [0.15, 0.2) is 24.3 Å². The molecule has 1 aromatic carbocycles. The number of phenolic OH excluding ortho intramolecular Hbond substituents is 1. The number of nitrogens with one attached hydrogen (secondary N) is 1. The van der Waals surface area contributed by atoms with E-state index in [0.29, 0.717) is 12.1 Å². The number of amides is 1. The summed E-state index contributed by atoms with van der Waals surface area (Å²) in [5, 5.41) is 25.1. The average Bonchev–Trinajstić information content (AvgIpc) is 2.82. The van der Waals surface area contributed by atoms with Gasteiger partial charge in [0.1, 0.15) is 11.4 Å². The lowest BCUT2D eigenvalue weighted by Crippen LogP contribution is -2.18. The van der Waals surface area contributed by atoms with E-state index in [4.69, 9.17) is 5.11 Å². The van der Waals surface area contributed by atoms with Crippen LogP contribution in [-0.2, 0) is 13.5 Å². The quantitative estimate of drug-likeness (QED) is 0.742. The highest BCUT2D eigenvalue weighted by Crippen LogP contribution is 2.22. The molecule has 7 heteroatoms. The third-order valence-corrected chi connectivity index (χ3v) is 3.01. The Bertz CT molecular complexity index is 706. The van der Waals surface area contributed by atoms with Gasteiger partial charge in [-0.15, -0.1) is 0 Å². The molecular weight excluding hydrogens is 274 g/mol. The van der Waals surface area contributed by atoms with E-state index in [0.717, 1.165) is 11.8 Å². The van der Waals surface area contributed by atoms with E-state index in [9.17, 15) is 14.7 Å². The van der Waals surface area contributed by atoms with Gasteiger partial charge < -0.3 is 15.5 Å². The Kier molecular flexibility index (Phi) is 3.93. The van der Waals surface area contributed by atoms with Crippen molar-refractivity contribution in [1.82, 2.24) is 9.78 Å². The van der Waals surface area contributed by atoms with Gasteiger partial charge in [-0.1, -0.05) is 6.92 Å². The van der Waals surface area contributed by atoms with Crippen LogP contribution in [0.2, 0.25) is 0 Å². The van der Waals surface area contributed by atoms with Crippen LogP contribution in [0.3, 0.4) is 0 Å². The van der Waals surface area contributed by atoms with Crippen LogP contribution in [0.4, 0.5) is 5.69 Å². The molecule has 0 saturated heterocycles. The Morgan fingerprint density at radius 1 is 1.33 bits per heavy atom. The molecule has 7 nitrogen and oxygen atoms in total. The van der Waals surface area contributed by atoms with Crippen molar-refractivity contribution in [3.05, 3.63) is 41.2 Å². The molecule has 0 atom stereocenters. The molecule has 3 N–H and O–H groups in total. The first-order valence-electron chi connectivity index (χ1n) is 6.33. The van der Waals surface area contributed by atoms with E-state index < -0.39 is 11.9 Å². The second-order valence-electron chi connectivity index (χ2n) is 4.49. The van der Waals surface area contributed by atoms with Crippen LogP contribution >= 0.6 is 0 Å². The van der Waals surface area contributed by atoms with E-state index in [1.165, 1.54) is 16.8 Å². The van der Waals surface area contributed by atoms with Crippen molar-refractivity contribution in [2.24, 2.45) is 7.05 Å². The number of nitrogens with zero attached hydrogens (tertiary/aromatic N) is 2. The summed E-state index contributed by atoms with van der Waals surface area (Å²) in [6.07, 6.45) is 0.695. The Labute approximate surface area is 120 Å². The number of hydrogen-bond donors (Lipinski definition) is 3. The second kappa shape index (κ2) is 5.66. The summed E-state index contributed by atoms with van der Waals surface area (Å²) < 4.78 is 1.44. The molecule has 1 amide bonds. The van der Waals surface area contributed by atoms with E-state index in [1.807, 2.05) is 6.92 Å². The third-order valence-electron chi connectivity index (χ3n) is 3.01. The van der Waals surface area contributed by atoms with Crippen molar-refractivity contribution in [1.29, 1.82) is 0 Å². The molecule has 2 rings (SSSR count). The minimum atomic E-state index is -1.24. The molecule has 0 aliphatic rings. The van der Waals surface area contributed by atoms with Crippen molar-refractivity contribution >= 4 is 17.6 Å². The molecule has 0 fully saturated rings. The molecule has 1 heterocycles. The van der Waals surface area contributed by atoms with E-state index in [-0.39, 0.29) is 17.0 Å². The summed E-state index contributed by atoms with van der Waals surface area (Å²) in [5.41, 5.74) is 1.04. The van der Waals surface area contributed by atoms with Crippen LogP contribution in [0.1, 0.15) is 33.5 Å². The van der Waals surface area contributed by atoms with Gasteiger partial charge >= 0.3 is 5.97 Å². The lowest BCUT2D eigenvalue weighted by molar-refractivity contribution is 0.0697. The van der Waals surface area contributed by atoms with Gasteiger partial charge in [-0.05, 0) is 30.7 Å². The third kappa shape index (κ3) is 3.02. The van der Waals surface area contributed by atoms with Crippen molar-refractivity contribution < 1.29 is 19.8 Å². The van der Waals surface area contributed by atoms with E-state index in [1.54, 1.807) is 13.1 Å². The Morgan fingerprint density at radius 3 is 2.62 bits per heavy atom. The van der Waals surface area contributed by atoms with Gasteiger partial charge in [-0.25, -0.2) is 4.79 Å². The lowest BCUT2D eigenvalue weighted by atomic mass is 10.1. The second-order valence-corrected chi connectivity index (χ2v) is 4.49. The average molecular weight is 289 g/mol. The molecule has 0 saturated carbocycles. The molecular formula is C14H15N3O4. The summed E-state index contributed by atoms with van der Waals surface area (Å²) in [6.45, 7) is 1.92. The van der Waals surface area contributed by atoms with Gasteiger partial charge in [-0.3, -0.25) is 9.48 Å². The minimum absolute atomic E-state index is 0.115. The first-order chi connectivity index (χ1) is 9.92. The van der Waals surface area contributed by atoms with Crippen LogP contribution < -0.4 is 5.32 Å². The smallest absolute Gasteiger partial charge is 0.337 e. The van der Waals surface area contributed by atoms with Crippen molar-refractivity contribution in [3.8, 4) is 5.75 Å². The monoisotopic (exact) mass is 289 g/mol. The number of aryl methyl sites for hydroxylation is 2. The summed E-state index contributed by atoms with van der Waals surface area (Å²) in [4.78, 5) is 23.3. The number of carboxylic acid groups (broad SMARTS) is 1. The fourth-order valence-corrected chi connectivity index (χ4v) is 1.92. The molecule has 2 aromatic rings. The van der Waals surface area contributed by atoms with Crippen molar-refractivity contribution in [2.45, 2.75) is 13.3 Å². The number of carboxylic acids is 1.